The molecule has 228 valence electrons. The number of anilines is 1. The quantitative estimate of drug-likeness (QED) is 0.148. The first-order valence-corrected chi connectivity index (χ1v) is 13.5. The Balaban J connectivity index is 0.00000442. The van der Waals surface area contributed by atoms with Crippen LogP contribution in [0.5, 0.6) is 23.0 Å². The van der Waals surface area contributed by atoms with E-state index in [1.54, 1.807) is 54.6 Å². The van der Waals surface area contributed by atoms with Gasteiger partial charge in [0.25, 0.3) is 5.56 Å². The van der Waals surface area contributed by atoms with Crippen LogP contribution < -0.4 is 30.2 Å². The fourth-order valence-electron chi connectivity index (χ4n) is 5.13. The maximum Gasteiger partial charge on any atom is 0.355 e. The highest BCUT2D eigenvalue weighted by Gasteiger charge is 2.28. The predicted molar refractivity (Wildman–Crippen MR) is 173 cm³/mol. The fourth-order valence-corrected chi connectivity index (χ4v) is 5.13. The Morgan fingerprint density at radius 2 is 1.45 bits per heavy atom. The Morgan fingerprint density at radius 3 is 2.05 bits per heavy atom. The number of nitrogens with two attached hydrogens (primary N) is 1. The van der Waals surface area contributed by atoms with Crippen LogP contribution >= 0.6 is 12.4 Å². The van der Waals surface area contributed by atoms with E-state index in [0.29, 0.717) is 69.3 Å². The highest BCUT2D eigenvalue weighted by molar-refractivity contribution is 6.09. The normalized spacial score (nSPS) is 10.5. The molecule has 0 bridgehead atoms. The van der Waals surface area contributed by atoms with E-state index in [9.17, 15) is 9.59 Å². The molecule has 0 unspecified atom stereocenters. The lowest BCUT2D eigenvalue weighted by Gasteiger charge is -2.21. The first-order valence-electron chi connectivity index (χ1n) is 13.5. The summed E-state index contributed by atoms with van der Waals surface area (Å²) >= 11 is 0. The van der Waals surface area contributed by atoms with Gasteiger partial charge in [0.1, 0.15) is 11.4 Å². The van der Waals surface area contributed by atoms with E-state index >= 15 is 0 Å². The third-order valence-corrected chi connectivity index (χ3v) is 7.15. The van der Waals surface area contributed by atoms with Gasteiger partial charge in [-0.05, 0) is 53.6 Å². The number of methoxy groups -OCH3 is 4. The zero-order valence-corrected chi connectivity index (χ0v) is 25.6. The van der Waals surface area contributed by atoms with Crippen molar-refractivity contribution in [3.8, 4) is 39.8 Å². The van der Waals surface area contributed by atoms with E-state index in [4.69, 9.17) is 29.4 Å². The molecule has 9 nitrogen and oxygen atoms in total. The number of ether oxygens (including phenoxy) is 5. The van der Waals surface area contributed by atoms with Gasteiger partial charge in [0.05, 0.1) is 40.4 Å². The van der Waals surface area contributed by atoms with Gasteiger partial charge in [-0.3, -0.25) is 9.36 Å². The molecule has 0 saturated heterocycles. The molecule has 2 N–H and O–H groups in total. The molecule has 5 aromatic rings. The molecule has 0 fully saturated rings. The summed E-state index contributed by atoms with van der Waals surface area (Å²) in [6.45, 7) is 0.336. The first-order chi connectivity index (χ1) is 20.9. The molecular formula is C34H33ClN2O7. The van der Waals surface area contributed by atoms with Crippen LogP contribution in [-0.2, 0) is 11.2 Å². The molecule has 0 saturated carbocycles. The first kappa shape index (κ1) is 31.8. The van der Waals surface area contributed by atoms with E-state index in [1.165, 1.54) is 33.0 Å². The number of esters is 1. The molecule has 0 radical (unpaired) electrons. The summed E-state index contributed by atoms with van der Waals surface area (Å²) in [5.74, 6) is 0.805. The molecule has 0 aliphatic heterocycles. The van der Waals surface area contributed by atoms with Gasteiger partial charge in [0.15, 0.2) is 11.5 Å². The average molecular weight is 617 g/mol. The van der Waals surface area contributed by atoms with Crippen LogP contribution in [0, 0.1) is 0 Å². The summed E-state index contributed by atoms with van der Waals surface area (Å²) in [5.41, 5.74) is 8.51. The average Bonchev–Trinajstić information content (AvgIpc) is 3.04. The number of halogens is 1. The number of benzene rings is 4. The van der Waals surface area contributed by atoms with Crippen molar-refractivity contribution >= 4 is 34.8 Å². The van der Waals surface area contributed by atoms with Crippen molar-refractivity contribution in [2.24, 2.45) is 0 Å². The van der Waals surface area contributed by atoms with Crippen LogP contribution in [0.1, 0.15) is 16.1 Å². The molecule has 0 spiro atoms. The molecule has 1 heterocycles. The summed E-state index contributed by atoms with van der Waals surface area (Å²) in [6.07, 6.45) is 0.642. The second-order valence-corrected chi connectivity index (χ2v) is 9.62. The third kappa shape index (κ3) is 6.00. The second kappa shape index (κ2) is 13.9. The van der Waals surface area contributed by atoms with Crippen LogP contribution in [0.4, 0.5) is 5.69 Å². The standard InChI is InChI=1S/C34H32N2O7.ClH/c1-39-27-19-22(20-28(40-2)32(27)41-3)29-25-11-8-12-26(43-18-17-21-9-6-5-7-10-21)30(25)33(37)36(31(29)34(38)42-4)24-15-13-23(35)14-16-24;/h5-16,19-20H,17-18,35H2,1-4H3;1H. The zero-order valence-electron chi connectivity index (χ0n) is 24.8. The van der Waals surface area contributed by atoms with Gasteiger partial charge in [-0.15, -0.1) is 12.4 Å². The Morgan fingerprint density at radius 1 is 0.795 bits per heavy atom. The van der Waals surface area contributed by atoms with E-state index in [2.05, 4.69) is 0 Å². The predicted octanol–water partition coefficient (Wildman–Crippen LogP) is 6.10. The van der Waals surface area contributed by atoms with Gasteiger partial charge in [-0.1, -0.05) is 42.5 Å². The lowest BCUT2D eigenvalue weighted by Crippen LogP contribution is -2.27. The summed E-state index contributed by atoms with van der Waals surface area (Å²) in [5, 5.41) is 0.785. The molecule has 0 aliphatic carbocycles. The third-order valence-electron chi connectivity index (χ3n) is 7.15. The van der Waals surface area contributed by atoms with Gasteiger partial charge in [0, 0.05) is 28.7 Å². The summed E-state index contributed by atoms with van der Waals surface area (Å²) < 4.78 is 29.6. The number of carbonyl (C=O) groups excluding carboxylic acids is 1. The van der Waals surface area contributed by atoms with Crippen molar-refractivity contribution in [3.63, 3.8) is 0 Å². The number of pyridine rings is 1. The monoisotopic (exact) mass is 616 g/mol. The molecule has 1 aromatic heterocycles. The van der Waals surface area contributed by atoms with E-state index in [-0.39, 0.29) is 18.1 Å². The molecule has 0 atom stereocenters. The van der Waals surface area contributed by atoms with Gasteiger partial charge < -0.3 is 29.4 Å². The van der Waals surface area contributed by atoms with Crippen molar-refractivity contribution in [3.05, 3.63) is 107 Å². The summed E-state index contributed by atoms with van der Waals surface area (Å²) in [7, 11) is 5.80. The van der Waals surface area contributed by atoms with Gasteiger partial charge >= 0.3 is 5.97 Å². The van der Waals surface area contributed by atoms with Crippen LogP contribution in [0.2, 0.25) is 0 Å². The number of hydrogen-bond donors (Lipinski definition) is 1. The number of aromatic nitrogens is 1. The van der Waals surface area contributed by atoms with Crippen LogP contribution in [0.25, 0.3) is 27.6 Å². The molecule has 44 heavy (non-hydrogen) atoms. The van der Waals surface area contributed by atoms with Crippen LogP contribution in [0.3, 0.4) is 0 Å². The van der Waals surface area contributed by atoms with E-state index in [0.717, 1.165) is 5.56 Å². The highest BCUT2D eigenvalue weighted by atomic mass is 35.5. The van der Waals surface area contributed by atoms with Gasteiger partial charge in [-0.25, -0.2) is 4.79 Å². The maximum absolute atomic E-state index is 14.4. The highest BCUT2D eigenvalue weighted by Crippen LogP contribution is 2.44. The van der Waals surface area contributed by atoms with Crippen molar-refractivity contribution in [2.45, 2.75) is 6.42 Å². The molecule has 0 amide bonds. The lowest BCUT2D eigenvalue weighted by molar-refractivity contribution is 0.0591. The second-order valence-electron chi connectivity index (χ2n) is 9.62. The van der Waals surface area contributed by atoms with Crippen LogP contribution in [-0.4, -0.2) is 45.6 Å². The number of nitrogens with zero attached hydrogens (tertiary/aromatic N) is 1. The Labute approximate surface area is 261 Å². The van der Waals surface area contributed by atoms with Crippen LogP contribution in [0.15, 0.2) is 89.7 Å². The molecule has 0 aliphatic rings. The maximum atomic E-state index is 14.4. The number of nitrogen functional groups attached to an aromatic ring is 1. The smallest absolute Gasteiger partial charge is 0.355 e. The Hall–Kier alpha value is -5.15. The minimum absolute atomic E-state index is 0. The zero-order chi connectivity index (χ0) is 30.5. The van der Waals surface area contributed by atoms with Gasteiger partial charge in [0.2, 0.25) is 5.75 Å². The number of rotatable bonds is 10. The SMILES string of the molecule is COC(=O)c1c(-c2cc(OC)c(OC)c(OC)c2)c2cccc(OCCc3ccccc3)c2c(=O)n1-c1ccc(N)cc1.Cl. The largest absolute Gasteiger partial charge is 0.493 e. The molecule has 10 heteroatoms. The summed E-state index contributed by atoms with van der Waals surface area (Å²) in [6, 6.07) is 25.4. The van der Waals surface area contributed by atoms with Crippen molar-refractivity contribution in [1.29, 1.82) is 0 Å². The Kier molecular flexibility index (Phi) is 10.0. The number of carbonyl (C=O) groups is 1. The van der Waals surface area contributed by atoms with E-state index in [1.807, 2.05) is 30.3 Å². The fraction of sp³-hybridized carbons (Fsp3) is 0.176. The summed E-state index contributed by atoms with van der Waals surface area (Å²) in [4.78, 5) is 28.0. The number of fused-ring (bicyclic) bond motifs is 1. The van der Waals surface area contributed by atoms with Gasteiger partial charge in [-0.2, -0.15) is 0 Å². The van der Waals surface area contributed by atoms with Crippen molar-refractivity contribution in [2.75, 3.05) is 40.8 Å². The number of hydrogen-bond acceptors (Lipinski definition) is 8. The van der Waals surface area contributed by atoms with E-state index < -0.39 is 11.5 Å². The molecule has 5 rings (SSSR count). The van der Waals surface area contributed by atoms with Crippen molar-refractivity contribution in [1.82, 2.24) is 4.57 Å². The molecular weight excluding hydrogens is 584 g/mol. The minimum Gasteiger partial charge on any atom is -0.493 e. The molecule has 4 aromatic carbocycles. The Bertz CT molecular complexity index is 1810. The minimum atomic E-state index is -0.713. The topological polar surface area (TPSA) is 111 Å². The lowest BCUT2D eigenvalue weighted by atomic mass is 9.95. The van der Waals surface area contributed by atoms with Crippen molar-refractivity contribution < 1.29 is 28.5 Å².